The fourth-order valence-corrected chi connectivity index (χ4v) is 2.57. The molecule has 0 saturated carbocycles. The third-order valence-electron chi connectivity index (χ3n) is 3.71. The van der Waals surface area contributed by atoms with Crippen LogP contribution in [0.5, 0.6) is 5.75 Å². The normalized spacial score (nSPS) is 11.7. The molecule has 2 heterocycles. The van der Waals surface area contributed by atoms with Gasteiger partial charge in [0.1, 0.15) is 11.4 Å². The number of aromatic nitrogens is 2. The number of hydrogen-bond acceptors (Lipinski definition) is 3. The van der Waals surface area contributed by atoms with Crippen molar-refractivity contribution >= 4 is 11.6 Å². The molecule has 0 aliphatic carbocycles. The Morgan fingerprint density at radius 2 is 2.04 bits per heavy atom. The topological polar surface area (TPSA) is 63.8 Å². The molecule has 0 amide bonds. The lowest BCUT2D eigenvalue weighted by molar-refractivity contribution is -0.138. The number of hydrogen-bond donors (Lipinski definition) is 1. The first-order valence-electron chi connectivity index (χ1n) is 7.24. The Kier molecular flexibility index (Phi) is 4.12. The van der Waals surface area contributed by atoms with E-state index in [1.54, 1.807) is 24.3 Å². The molecule has 1 aromatic carbocycles. The molecule has 0 bridgehead atoms. The molecule has 0 spiro atoms. The quantitative estimate of drug-likeness (QED) is 0.780. The van der Waals surface area contributed by atoms with Gasteiger partial charge in [0.05, 0.1) is 30.5 Å². The first-order chi connectivity index (χ1) is 11.8. The van der Waals surface area contributed by atoms with E-state index < -0.39 is 24.1 Å². The minimum absolute atomic E-state index is 0.168. The number of carboxylic acid groups (broad SMARTS) is 1. The van der Waals surface area contributed by atoms with E-state index in [9.17, 15) is 18.0 Å². The van der Waals surface area contributed by atoms with Crippen molar-refractivity contribution < 1.29 is 27.8 Å². The minimum atomic E-state index is -4.53. The summed E-state index contributed by atoms with van der Waals surface area (Å²) < 4.78 is 45.2. The lowest BCUT2D eigenvalue weighted by atomic mass is 10.1. The number of carbonyl (C=O) groups is 1. The van der Waals surface area contributed by atoms with Gasteiger partial charge in [0.15, 0.2) is 0 Å². The average molecular weight is 350 g/mol. The van der Waals surface area contributed by atoms with Crippen LogP contribution in [0.1, 0.15) is 11.3 Å². The maximum Gasteiger partial charge on any atom is 0.417 e. The summed E-state index contributed by atoms with van der Waals surface area (Å²) >= 11 is 0. The fraction of sp³-hybridized carbons (Fsp3) is 0.176. The second-order valence-electron chi connectivity index (χ2n) is 5.35. The van der Waals surface area contributed by atoms with Gasteiger partial charge >= 0.3 is 12.1 Å². The van der Waals surface area contributed by atoms with E-state index in [2.05, 4.69) is 4.98 Å². The zero-order valence-electron chi connectivity index (χ0n) is 13.0. The molecule has 0 fully saturated rings. The van der Waals surface area contributed by atoms with Gasteiger partial charge in [0.2, 0.25) is 0 Å². The van der Waals surface area contributed by atoms with Gasteiger partial charge < -0.3 is 14.2 Å². The number of carboxylic acids is 1. The van der Waals surface area contributed by atoms with E-state index >= 15 is 0 Å². The highest BCUT2D eigenvalue weighted by Crippen LogP contribution is 2.32. The second-order valence-corrected chi connectivity index (χ2v) is 5.35. The molecule has 25 heavy (non-hydrogen) atoms. The Morgan fingerprint density at radius 1 is 1.28 bits per heavy atom. The summed E-state index contributed by atoms with van der Waals surface area (Å²) in [5, 5.41) is 9.16. The van der Waals surface area contributed by atoms with Crippen LogP contribution in [-0.2, 0) is 17.4 Å². The van der Waals surface area contributed by atoms with Crippen LogP contribution in [0.2, 0.25) is 0 Å². The van der Waals surface area contributed by atoms with Crippen LogP contribution >= 0.6 is 0 Å². The number of methoxy groups -OCH3 is 1. The number of nitrogens with zero attached hydrogens (tertiary/aromatic N) is 2. The van der Waals surface area contributed by atoms with E-state index in [0.29, 0.717) is 17.0 Å². The van der Waals surface area contributed by atoms with Crippen molar-refractivity contribution in [1.82, 2.24) is 9.38 Å². The van der Waals surface area contributed by atoms with Crippen molar-refractivity contribution in [3.05, 3.63) is 53.9 Å². The highest BCUT2D eigenvalue weighted by Gasteiger charge is 2.31. The molecular weight excluding hydrogens is 337 g/mol. The summed E-state index contributed by atoms with van der Waals surface area (Å²) in [5.41, 5.74) is 0.402. The average Bonchev–Trinajstić information content (AvgIpc) is 2.91. The zero-order valence-corrected chi connectivity index (χ0v) is 13.0. The SMILES string of the molecule is COc1cccc(-c2nc3ccc(C(F)(F)F)cn3c2CC(=O)O)c1. The first-order valence-corrected chi connectivity index (χ1v) is 7.24. The Morgan fingerprint density at radius 3 is 2.68 bits per heavy atom. The van der Waals surface area contributed by atoms with Crippen molar-refractivity contribution in [3.63, 3.8) is 0 Å². The number of ether oxygens (including phenoxy) is 1. The van der Waals surface area contributed by atoms with Crippen LogP contribution in [0.4, 0.5) is 13.2 Å². The smallest absolute Gasteiger partial charge is 0.417 e. The summed E-state index contributed by atoms with van der Waals surface area (Å²) in [7, 11) is 1.48. The standard InChI is InChI=1S/C17H13F3N2O3/c1-25-12-4-2-3-10(7-12)16-13(8-15(23)24)22-9-11(17(18,19)20)5-6-14(22)21-16/h2-7,9H,8H2,1H3,(H,23,24). The number of halogens is 3. The van der Waals surface area contributed by atoms with Crippen LogP contribution < -0.4 is 4.74 Å². The largest absolute Gasteiger partial charge is 0.497 e. The molecule has 3 rings (SSSR count). The third kappa shape index (κ3) is 3.28. The molecule has 2 aromatic heterocycles. The van der Waals surface area contributed by atoms with E-state index in [4.69, 9.17) is 9.84 Å². The Hall–Kier alpha value is -3.03. The van der Waals surface area contributed by atoms with Crippen LogP contribution in [0.3, 0.4) is 0 Å². The van der Waals surface area contributed by atoms with Crippen LogP contribution in [0, 0.1) is 0 Å². The molecule has 5 nitrogen and oxygen atoms in total. The van der Waals surface area contributed by atoms with Crippen molar-refractivity contribution in [2.24, 2.45) is 0 Å². The Bertz CT molecular complexity index is 948. The Balaban J connectivity index is 2.25. The lowest BCUT2D eigenvalue weighted by Crippen LogP contribution is -2.09. The lowest BCUT2D eigenvalue weighted by Gasteiger charge is -2.08. The van der Waals surface area contributed by atoms with Gasteiger partial charge in [-0.15, -0.1) is 0 Å². The van der Waals surface area contributed by atoms with E-state index in [1.807, 2.05) is 0 Å². The molecule has 130 valence electrons. The highest BCUT2D eigenvalue weighted by atomic mass is 19.4. The van der Waals surface area contributed by atoms with Crippen molar-refractivity contribution in [2.75, 3.05) is 7.11 Å². The van der Waals surface area contributed by atoms with E-state index in [0.717, 1.165) is 12.3 Å². The van der Waals surface area contributed by atoms with Crippen molar-refractivity contribution in [2.45, 2.75) is 12.6 Å². The number of rotatable bonds is 4. The van der Waals surface area contributed by atoms with Gasteiger partial charge in [0.25, 0.3) is 0 Å². The summed E-state index contributed by atoms with van der Waals surface area (Å²) in [4.78, 5) is 15.5. The number of aliphatic carboxylic acids is 1. The van der Waals surface area contributed by atoms with E-state index in [-0.39, 0.29) is 11.3 Å². The van der Waals surface area contributed by atoms with Crippen LogP contribution in [0.25, 0.3) is 16.9 Å². The minimum Gasteiger partial charge on any atom is -0.497 e. The summed E-state index contributed by atoms with van der Waals surface area (Å²) in [6, 6.07) is 8.89. The molecule has 1 N–H and O–H groups in total. The van der Waals surface area contributed by atoms with Gasteiger partial charge in [-0.25, -0.2) is 4.98 Å². The van der Waals surface area contributed by atoms with Gasteiger partial charge in [-0.1, -0.05) is 12.1 Å². The molecule has 0 aliphatic rings. The molecular formula is C17H13F3N2O3. The number of fused-ring (bicyclic) bond motifs is 1. The zero-order chi connectivity index (χ0) is 18.2. The molecule has 3 aromatic rings. The van der Waals surface area contributed by atoms with Gasteiger partial charge in [0, 0.05) is 11.8 Å². The van der Waals surface area contributed by atoms with Crippen LogP contribution in [0.15, 0.2) is 42.6 Å². The number of pyridine rings is 1. The molecule has 0 saturated heterocycles. The number of benzene rings is 1. The van der Waals surface area contributed by atoms with Gasteiger partial charge in [-0.05, 0) is 24.3 Å². The van der Waals surface area contributed by atoms with Gasteiger partial charge in [-0.3, -0.25) is 4.79 Å². The maximum absolute atomic E-state index is 13.0. The second kappa shape index (κ2) is 6.12. The number of imidazole rings is 1. The monoisotopic (exact) mass is 350 g/mol. The molecule has 0 aliphatic heterocycles. The van der Waals surface area contributed by atoms with Gasteiger partial charge in [-0.2, -0.15) is 13.2 Å². The molecule has 0 radical (unpaired) electrons. The van der Waals surface area contributed by atoms with Crippen molar-refractivity contribution in [3.8, 4) is 17.0 Å². The van der Waals surface area contributed by atoms with Crippen molar-refractivity contribution in [1.29, 1.82) is 0 Å². The summed E-state index contributed by atoms with van der Waals surface area (Å²) in [5.74, 6) is -0.629. The fourth-order valence-electron chi connectivity index (χ4n) is 2.57. The summed E-state index contributed by atoms with van der Waals surface area (Å²) in [6.45, 7) is 0. The number of alkyl halides is 3. The summed E-state index contributed by atoms with van der Waals surface area (Å²) in [6.07, 6.45) is -4.13. The van der Waals surface area contributed by atoms with E-state index in [1.165, 1.54) is 17.6 Å². The molecule has 0 unspecified atom stereocenters. The third-order valence-corrected chi connectivity index (χ3v) is 3.71. The Labute approximate surface area is 140 Å². The van der Waals surface area contributed by atoms with Crippen LogP contribution in [-0.4, -0.2) is 27.6 Å². The molecule has 8 heteroatoms. The molecule has 0 atom stereocenters. The highest BCUT2D eigenvalue weighted by molar-refractivity contribution is 5.76. The predicted octanol–water partition coefficient (Wildman–Crippen LogP) is 3.66. The maximum atomic E-state index is 13.0. The predicted molar refractivity (Wildman–Crippen MR) is 83.5 cm³/mol. The first kappa shape index (κ1) is 16.8.